The molecular formula is C16H30N4O3. The third-order valence-corrected chi connectivity index (χ3v) is 5.36. The van der Waals surface area contributed by atoms with Gasteiger partial charge in [0.25, 0.3) is 0 Å². The quantitative estimate of drug-likeness (QED) is 0.403. The molecule has 0 aromatic rings. The maximum Gasteiger partial charge on any atom is 0.240 e. The molecular weight excluding hydrogens is 296 g/mol. The summed E-state index contributed by atoms with van der Waals surface area (Å²) in [6.07, 6.45) is 6.36. The predicted molar refractivity (Wildman–Crippen MR) is 86.5 cm³/mol. The Morgan fingerprint density at radius 1 is 0.957 bits per heavy atom. The second kappa shape index (κ2) is 7.90. The Labute approximate surface area is 137 Å². The molecule has 5 unspecified atom stereocenters. The largest absolute Gasteiger partial charge is 0.387 e. The molecule has 3 aliphatic rings. The molecule has 6 N–H and O–H groups in total. The van der Waals surface area contributed by atoms with Crippen LogP contribution < -0.4 is 21.3 Å². The van der Waals surface area contributed by atoms with Gasteiger partial charge in [-0.25, -0.2) is 0 Å². The summed E-state index contributed by atoms with van der Waals surface area (Å²) in [6, 6.07) is -0.415. The van der Waals surface area contributed by atoms with E-state index >= 15 is 0 Å². The van der Waals surface area contributed by atoms with Crippen molar-refractivity contribution >= 4 is 5.91 Å². The SMILES string of the molecule is O=C(NC1CCCCC1)C1NC(C2CCCCN2)NC(O)C1O. The monoisotopic (exact) mass is 326 g/mol. The Bertz CT molecular complexity index is 397. The van der Waals surface area contributed by atoms with Gasteiger partial charge in [-0.05, 0) is 32.2 Å². The van der Waals surface area contributed by atoms with Gasteiger partial charge in [-0.3, -0.25) is 15.4 Å². The van der Waals surface area contributed by atoms with Gasteiger partial charge in [-0.15, -0.1) is 0 Å². The average Bonchev–Trinajstić information content (AvgIpc) is 2.58. The molecule has 0 aromatic carbocycles. The molecule has 7 heteroatoms. The minimum absolute atomic E-state index is 0.163. The first-order chi connectivity index (χ1) is 11.1. The van der Waals surface area contributed by atoms with E-state index in [0.29, 0.717) is 0 Å². The molecule has 132 valence electrons. The maximum atomic E-state index is 12.6. The first-order valence-electron chi connectivity index (χ1n) is 9.07. The fourth-order valence-corrected chi connectivity index (χ4v) is 3.97. The van der Waals surface area contributed by atoms with Crippen molar-refractivity contribution in [2.75, 3.05) is 6.54 Å². The highest BCUT2D eigenvalue weighted by Crippen LogP contribution is 2.19. The Balaban J connectivity index is 1.60. The van der Waals surface area contributed by atoms with E-state index in [-0.39, 0.29) is 24.2 Å². The molecule has 2 aliphatic heterocycles. The lowest BCUT2D eigenvalue weighted by molar-refractivity contribution is -0.135. The van der Waals surface area contributed by atoms with Crippen molar-refractivity contribution < 1.29 is 15.0 Å². The zero-order valence-electron chi connectivity index (χ0n) is 13.6. The Morgan fingerprint density at radius 2 is 1.70 bits per heavy atom. The number of carbonyl (C=O) groups is 1. The van der Waals surface area contributed by atoms with Crippen molar-refractivity contribution in [1.82, 2.24) is 21.3 Å². The van der Waals surface area contributed by atoms with Gasteiger partial charge in [0.2, 0.25) is 5.91 Å². The standard InChI is InChI=1S/C16H30N4O3/c21-13-12(15(22)18-10-6-2-1-3-7-10)19-14(20-16(13)23)11-8-4-5-9-17-11/h10-14,16-17,19-21,23H,1-9H2,(H,18,22). The normalized spacial score (nSPS) is 39.8. The van der Waals surface area contributed by atoms with Crippen LogP contribution in [0.15, 0.2) is 0 Å². The molecule has 0 bridgehead atoms. The van der Waals surface area contributed by atoms with Crippen molar-refractivity contribution in [2.45, 2.75) is 88.0 Å². The van der Waals surface area contributed by atoms with E-state index in [9.17, 15) is 15.0 Å². The number of piperidine rings is 1. The number of aliphatic hydroxyl groups excluding tert-OH is 2. The van der Waals surface area contributed by atoms with E-state index in [0.717, 1.165) is 51.5 Å². The number of rotatable bonds is 3. The van der Waals surface area contributed by atoms with Gasteiger partial charge in [-0.1, -0.05) is 25.7 Å². The Hall–Kier alpha value is -0.730. The summed E-state index contributed by atoms with van der Waals surface area (Å²) in [5.41, 5.74) is 0. The highest BCUT2D eigenvalue weighted by Gasteiger charge is 2.42. The fourth-order valence-electron chi connectivity index (χ4n) is 3.97. The van der Waals surface area contributed by atoms with Crippen molar-refractivity contribution in [3.05, 3.63) is 0 Å². The summed E-state index contributed by atoms with van der Waals surface area (Å²) in [5, 5.41) is 32.9. The third-order valence-electron chi connectivity index (χ3n) is 5.36. The van der Waals surface area contributed by atoms with E-state index < -0.39 is 18.4 Å². The molecule has 1 amide bonds. The zero-order valence-corrected chi connectivity index (χ0v) is 13.6. The lowest BCUT2D eigenvalue weighted by Gasteiger charge is -2.43. The fraction of sp³-hybridized carbons (Fsp3) is 0.938. The number of hydrogen-bond acceptors (Lipinski definition) is 6. The molecule has 1 aliphatic carbocycles. The van der Waals surface area contributed by atoms with Crippen LogP contribution in [0.25, 0.3) is 0 Å². The van der Waals surface area contributed by atoms with Gasteiger partial charge in [0.1, 0.15) is 18.4 Å². The summed E-state index contributed by atoms with van der Waals surface area (Å²) in [5.74, 6) is -0.203. The average molecular weight is 326 g/mol. The molecule has 23 heavy (non-hydrogen) atoms. The first-order valence-corrected chi connectivity index (χ1v) is 9.07. The summed E-state index contributed by atoms with van der Waals surface area (Å²) < 4.78 is 0. The van der Waals surface area contributed by atoms with E-state index in [2.05, 4.69) is 21.3 Å². The second-order valence-electron chi connectivity index (χ2n) is 7.12. The van der Waals surface area contributed by atoms with E-state index in [1.54, 1.807) is 0 Å². The molecule has 5 atom stereocenters. The van der Waals surface area contributed by atoms with Gasteiger partial charge >= 0.3 is 0 Å². The molecule has 3 rings (SSSR count). The second-order valence-corrected chi connectivity index (χ2v) is 7.12. The number of amides is 1. The Kier molecular flexibility index (Phi) is 5.87. The van der Waals surface area contributed by atoms with Gasteiger partial charge in [0, 0.05) is 12.1 Å². The molecule has 3 fully saturated rings. The van der Waals surface area contributed by atoms with Gasteiger partial charge in [0.05, 0.1) is 6.17 Å². The highest BCUT2D eigenvalue weighted by atomic mass is 16.3. The van der Waals surface area contributed by atoms with Gasteiger partial charge < -0.3 is 20.8 Å². The smallest absolute Gasteiger partial charge is 0.240 e. The van der Waals surface area contributed by atoms with Crippen molar-refractivity contribution in [3.8, 4) is 0 Å². The van der Waals surface area contributed by atoms with Crippen LogP contribution in [0.2, 0.25) is 0 Å². The topological polar surface area (TPSA) is 106 Å². The number of aliphatic hydroxyl groups is 2. The Morgan fingerprint density at radius 3 is 2.39 bits per heavy atom. The van der Waals surface area contributed by atoms with Crippen LogP contribution in [0.1, 0.15) is 51.4 Å². The molecule has 0 spiro atoms. The summed E-state index contributed by atoms with van der Waals surface area (Å²) in [7, 11) is 0. The molecule has 2 heterocycles. The van der Waals surface area contributed by atoms with Crippen LogP contribution in [0.4, 0.5) is 0 Å². The third kappa shape index (κ3) is 4.22. The number of nitrogens with one attached hydrogen (secondary N) is 4. The molecule has 2 saturated heterocycles. The highest BCUT2D eigenvalue weighted by molar-refractivity contribution is 5.83. The maximum absolute atomic E-state index is 12.6. The van der Waals surface area contributed by atoms with E-state index in [1.165, 1.54) is 6.42 Å². The van der Waals surface area contributed by atoms with E-state index in [1.807, 2.05) is 0 Å². The van der Waals surface area contributed by atoms with Gasteiger partial charge in [-0.2, -0.15) is 0 Å². The van der Waals surface area contributed by atoms with Crippen LogP contribution in [-0.4, -0.2) is 59.3 Å². The lowest BCUT2D eigenvalue weighted by atomic mass is 9.94. The summed E-state index contributed by atoms with van der Waals surface area (Å²) in [6.45, 7) is 0.947. The number of hydrogen-bond donors (Lipinski definition) is 6. The predicted octanol–water partition coefficient (Wildman–Crippen LogP) is -0.856. The van der Waals surface area contributed by atoms with Crippen LogP contribution in [0, 0.1) is 0 Å². The van der Waals surface area contributed by atoms with Crippen LogP contribution in [0.3, 0.4) is 0 Å². The molecule has 0 aromatic heterocycles. The van der Waals surface area contributed by atoms with Crippen LogP contribution in [-0.2, 0) is 4.79 Å². The van der Waals surface area contributed by atoms with Gasteiger partial charge in [0.15, 0.2) is 0 Å². The number of carbonyl (C=O) groups excluding carboxylic acids is 1. The van der Waals surface area contributed by atoms with Crippen molar-refractivity contribution in [1.29, 1.82) is 0 Å². The van der Waals surface area contributed by atoms with Crippen LogP contribution in [0.5, 0.6) is 0 Å². The molecule has 0 radical (unpaired) electrons. The first kappa shape index (κ1) is 17.1. The minimum Gasteiger partial charge on any atom is -0.387 e. The van der Waals surface area contributed by atoms with Crippen molar-refractivity contribution in [2.24, 2.45) is 0 Å². The lowest BCUT2D eigenvalue weighted by Crippen LogP contribution is -2.74. The summed E-state index contributed by atoms with van der Waals surface area (Å²) in [4.78, 5) is 12.6. The van der Waals surface area contributed by atoms with Crippen LogP contribution >= 0.6 is 0 Å². The van der Waals surface area contributed by atoms with Crippen molar-refractivity contribution in [3.63, 3.8) is 0 Å². The minimum atomic E-state index is -1.14. The van der Waals surface area contributed by atoms with E-state index in [4.69, 9.17) is 0 Å². The summed E-state index contributed by atoms with van der Waals surface area (Å²) >= 11 is 0. The zero-order chi connectivity index (χ0) is 16.2. The molecule has 1 saturated carbocycles. The molecule has 7 nitrogen and oxygen atoms in total.